The average molecular weight is 404 g/mol. The van der Waals surface area contributed by atoms with Crippen molar-refractivity contribution in [1.29, 1.82) is 0 Å². The highest BCUT2D eigenvalue weighted by Gasteiger charge is 2.21. The number of sulfonamides is 1. The van der Waals surface area contributed by atoms with Crippen LogP contribution >= 0.6 is 23.2 Å². The summed E-state index contributed by atoms with van der Waals surface area (Å²) < 4.78 is 37.4. The minimum absolute atomic E-state index is 0.0522. The number of halogens is 2. The predicted molar refractivity (Wildman–Crippen MR) is 99.5 cm³/mol. The zero-order valence-electron chi connectivity index (χ0n) is 13.9. The first-order valence-electron chi connectivity index (χ1n) is 7.53. The molecule has 0 radical (unpaired) electrons. The third kappa shape index (κ3) is 5.01. The highest BCUT2D eigenvalue weighted by Crippen LogP contribution is 2.36. The Bertz CT molecular complexity index is 823. The summed E-state index contributed by atoms with van der Waals surface area (Å²) >= 11 is 12.1. The summed E-state index contributed by atoms with van der Waals surface area (Å²) in [5, 5.41) is 0.0222. The van der Waals surface area contributed by atoms with Crippen molar-refractivity contribution in [2.75, 3.05) is 20.8 Å². The summed E-state index contributed by atoms with van der Waals surface area (Å²) in [5.74, 6) is 1.11. The Kier molecular flexibility index (Phi) is 6.95. The molecule has 5 nitrogen and oxygen atoms in total. The molecule has 136 valence electrons. The lowest BCUT2D eigenvalue weighted by Gasteiger charge is -2.11. The van der Waals surface area contributed by atoms with E-state index >= 15 is 0 Å². The van der Waals surface area contributed by atoms with Crippen molar-refractivity contribution < 1.29 is 17.9 Å². The van der Waals surface area contributed by atoms with Crippen LogP contribution in [0, 0.1) is 0 Å². The van der Waals surface area contributed by atoms with Crippen molar-refractivity contribution in [3.63, 3.8) is 0 Å². The third-order valence-corrected chi connectivity index (χ3v) is 6.09. The fourth-order valence-corrected chi connectivity index (χ4v) is 4.16. The second kappa shape index (κ2) is 8.76. The molecule has 0 atom stereocenters. The Balaban J connectivity index is 1.96. The lowest BCUT2D eigenvalue weighted by atomic mass is 10.1. The minimum atomic E-state index is -3.75. The van der Waals surface area contributed by atoms with Crippen LogP contribution in [0.3, 0.4) is 0 Å². The van der Waals surface area contributed by atoms with Crippen molar-refractivity contribution in [3.05, 3.63) is 52.0 Å². The van der Waals surface area contributed by atoms with Crippen LogP contribution in [0.25, 0.3) is 0 Å². The Morgan fingerprint density at radius 3 is 2.24 bits per heavy atom. The monoisotopic (exact) mass is 403 g/mol. The smallest absolute Gasteiger partial charge is 0.242 e. The molecule has 0 bridgehead atoms. The maximum Gasteiger partial charge on any atom is 0.242 e. The zero-order chi connectivity index (χ0) is 18.4. The van der Waals surface area contributed by atoms with Gasteiger partial charge in [-0.05, 0) is 42.7 Å². The van der Waals surface area contributed by atoms with Crippen molar-refractivity contribution in [2.24, 2.45) is 0 Å². The van der Waals surface area contributed by atoms with E-state index in [1.165, 1.54) is 19.2 Å². The van der Waals surface area contributed by atoms with Crippen molar-refractivity contribution in [3.8, 4) is 11.5 Å². The van der Waals surface area contributed by atoms with Crippen LogP contribution in [0.4, 0.5) is 0 Å². The summed E-state index contributed by atoms with van der Waals surface area (Å²) in [6, 6.07) is 10.5. The molecule has 25 heavy (non-hydrogen) atoms. The molecule has 0 aliphatic heterocycles. The normalized spacial score (nSPS) is 11.4. The van der Waals surface area contributed by atoms with Crippen LogP contribution in [0.5, 0.6) is 11.5 Å². The van der Waals surface area contributed by atoms with E-state index in [0.717, 1.165) is 17.7 Å². The number of aryl methyl sites for hydroxylation is 1. The van der Waals surface area contributed by atoms with Crippen LogP contribution in [0.2, 0.25) is 10.0 Å². The van der Waals surface area contributed by atoms with Gasteiger partial charge in [-0.2, -0.15) is 0 Å². The number of benzene rings is 2. The van der Waals surface area contributed by atoms with Crippen LogP contribution < -0.4 is 14.2 Å². The lowest BCUT2D eigenvalue weighted by Crippen LogP contribution is -2.25. The van der Waals surface area contributed by atoms with E-state index in [2.05, 4.69) is 4.72 Å². The van der Waals surface area contributed by atoms with Gasteiger partial charge in [0.15, 0.2) is 0 Å². The summed E-state index contributed by atoms with van der Waals surface area (Å²) in [5.41, 5.74) is 1.10. The molecule has 0 saturated carbocycles. The number of hydrogen-bond donors (Lipinski definition) is 1. The molecule has 2 aromatic rings. The van der Waals surface area contributed by atoms with E-state index in [0.29, 0.717) is 12.2 Å². The molecule has 0 aliphatic carbocycles. The van der Waals surface area contributed by atoms with Gasteiger partial charge in [-0.15, -0.1) is 0 Å². The fourth-order valence-electron chi connectivity index (χ4n) is 2.25. The summed E-state index contributed by atoms with van der Waals surface area (Å²) in [6.07, 6.45) is 1.39. The quantitative estimate of drug-likeness (QED) is 0.678. The number of methoxy groups -OCH3 is 2. The Hall–Kier alpha value is -1.47. The second-order valence-corrected chi connectivity index (χ2v) is 7.73. The Morgan fingerprint density at radius 1 is 0.960 bits per heavy atom. The summed E-state index contributed by atoms with van der Waals surface area (Å²) in [7, 11) is -0.700. The highest BCUT2D eigenvalue weighted by molar-refractivity contribution is 7.89. The molecular weight excluding hydrogens is 385 g/mol. The molecule has 2 aromatic carbocycles. The van der Waals surface area contributed by atoms with E-state index in [9.17, 15) is 8.42 Å². The molecule has 2 rings (SSSR count). The van der Waals surface area contributed by atoms with Crippen molar-refractivity contribution in [2.45, 2.75) is 17.7 Å². The van der Waals surface area contributed by atoms with E-state index in [-0.39, 0.29) is 21.5 Å². The minimum Gasteiger partial charge on any atom is -0.497 e. The second-order valence-electron chi connectivity index (χ2n) is 5.24. The Morgan fingerprint density at radius 2 is 1.64 bits per heavy atom. The van der Waals surface area contributed by atoms with Gasteiger partial charge < -0.3 is 9.47 Å². The maximum absolute atomic E-state index is 12.4. The van der Waals surface area contributed by atoms with E-state index in [1.807, 2.05) is 24.3 Å². The molecule has 1 N–H and O–H groups in total. The lowest BCUT2D eigenvalue weighted by molar-refractivity contribution is 0.414. The molecule has 0 aliphatic rings. The molecule has 0 aromatic heterocycles. The maximum atomic E-state index is 12.4. The van der Waals surface area contributed by atoms with Gasteiger partial charge in [-0.25, -0.2) is 13.1 Å². The highest BCUT2D eigenvalue weighted by atomic mass is 35.5. The molecule has 0 spiro atoms. The summed E-state index contributed by atoms with van der Waals surface area (Å²) in [6.45, 7) is 0.286. The van der Waals surface area contributed by atoms with Gasteiger partial charge in [-0.3, -0.25) is 0 Å². The molecule has 8 heteroatoms. The zero-order valence-corrected chi connectivity index (χ0v) is 16.2. The van der Waals surface area contributed by atoms with Gasteiger partial charge in [0.05, 0.1) is 19.2 Å². The number of rotatable bonds is 8. The first kappa shape index (κ1) is 19.8. The van der Waals surface area contributed by atoms with Gasteiger partial charge in [-0.1, -0.05) is 35.3 Å². The molecule has 0 fully saturated rings. The molecular formula is C17H19Cl2NO4S. The van der Waals surface area contributed by atoms with Crippen LogP contribution in [0.15, 0.2) is 41.3 Å². The van der Waals surface area contributed by atoms with Crippen LogP contribution in [0.1, 0.15) is 12.0 Å². The summed E-state index contributed by atoms with van der Waals surface area (Å²) in [4.78, 5) is -0.0654. The number of ether oxygens (including phenoxy) is 2. The third-order valence-electron chi connectivity index (χ3n) is 3.61. The van der Waals surface area contributed by atoms with E-state index in [1.54, 1.807) is 7.11 Å². The largest absolute Gasteiger partial charge is 0.497 e. The van der Waals surface area contributed by atoms with Gasteiger partial charge in [0.25, 0.3) is 0 Å². The average Bonchev–Trinajstić information content (AvgIpc) is 2.61. The number of hydrogen-bond acceptors (Lipinski definition) is 4. The molecule has 0 saturated heterocycles. The van der Waals surface area contributed by atoms with E-state index in [4.69, 9.17) is 32.7 Å². The van der Waals surface area contributed by atoms with Crippen molar-refractivity contribution in [1.82, 2.24) is 4.72 Å². The van der Waals surface area contributed by atoms with Crippen molar-refractivity contribution >= 4 is 33.2 Å². The molecule has 0 amide bonds. The topological polar surface area (TPSA) is 64.6 Å². The van der Waals surface area contributed by atoms with Crippen LogP contribution in [-0.4, -0.2) is 29.2 Å². The standard InChI is InChI=1S/C17H19Cl2NO4S/c1-23-13-7-5-12(6-8-13)4-3-11-20-25(21,22)15-10-9-14(24-2)16(18)17(15)19/h5-10,20H,3-4,11H2,1-2H3. The number of nitrogens with one attached hydrogen (secondary N) is 1. The first-order valence-corrected chi connectivity index (χ1v) is 9.77. The van der Waals surface area contributed by atoms with Gasteiger partial charge in [0.1, 0.15) is 21.4 Å². The van der Waals surface area contributed by atoms with Gasteiger partial charge >= 0.3 is 0 Å². The van der Waals surface area contributed by atoms with Gasteiger partial charge in [0.2, 0.25) is 10.0 Å². The Labute approximate surface area is 157 Å². The van der Waals surface area contributed by atoms with E-state index < -0.39 is 10.0 Å². The predicted octanol–water partition coefficient (Wildman–Crippen LogP) is 3.92. The first-order chi connectivity index (χ1) is 11.9. The molecule has 0 heterocycles. The molecule has 0 unspecified atom stereocenters. The van der Waals surface area contributed by atoms with Gasteiger partial charge in [0, 0.05) is 6.54 Å². The SMILES string of the molecule is COc1ccc(CCCNS(=O)(=O)c2ccc(OC)c(Cl)c2Cl)cc1. The van der Waals surface area contributed by atoms with Crippen LogP contribution in [-0.2, 0) is 16.4 Å². The fraction of sp³-hybridized carbons (Fsp3) is 0.294.